The van der Waals surface area contributed by atoms with E-state index < -0.39 is 0 Å². The Morgan fingerprint density at radius 3 is 3.19 bits per heavy atom. The lowest BCUT2D eigenvalue weighted by Crippen LogP contribution is -2.12. The number of ether oxygens (including phenoxy) is 1. The quantitative estimate of drug-likeness (QED) is 0.805. The molecule has 0 aromatic carbocycles. The first kappa shape index (κ1) is 11.8. The highest BCUT2D eigenvalue weighted by Crippen LogP contribution is 2.16. The van der Waals surface area contributed by atoms with Crippen molar-refractivity contribution in [1.82, 2.24) is 14.8 Å². The Balaban J connectivity index is 1.96. The van der Waals surface area contributed by atoms with Gasteiger partial charge < -0.3 is 9.30 Å². The van der Waals surface area contributed by atoms with Crippen LogP contribution in [0.5, 0.6) is 0 Å². The summed E-state index contributed by atoms with van der Waals surface area (Å²) in [6.45, 7) is 4.00. The lowest BCUT2D eigenvalue weighted by atomic mass is 10.2. The van der Waals surface area contributed by atoms with Crippen LogP contribution in [-0.4, -0.2) is 27.5 Å². The minimum absolute atomic E-state index is 0.422. The van der Waals surface area contributed by atoms with Crippen molar-refractivity contribution in [3.63, 3.8) is 0 Å². The zero-order chi connectivity index (χ0) is 11.4. The summed E-state index contributed by atoms with van der Waals surface area (Å²) >= 11 is 5.23. The molecule has 1 aliphatic heterocycles. The number of rotatable bonds is 5. The van der Waals surface area contributed by atoms with Crippen LogP contribution in [0.25, 0.3) is 0 Å². The molecule has 16 heavy (non-hydrogen) atoms. The molecule has 1 aromatic heterocycles. The predicted molar refractivity (Wildman–Crippen MR) is 65.0 cm³/mol. The van der Waals surface area contributed by atoms with E-state index in [-0.39, 0.29) is 0 Å². The molecular weight excluding hydrogens is 222 g/mol. The van der Waals surface area contributed by atoms with Gasteiger partial charge in [0.05, 0.1) is 6.10 Å². The summed E-state index contributed by atoms with van der Waals surface area (Å²) < 4.78 is 8.46. The van der Waals surface area contributed by atoms with Crippen molar-refractivity contribution in [2.45, 2.75) is 51.7 Å². The van der Waals surface area contributed by atoms with Crippen molar-refractivity contribution in [3.05, 3.63) is 10.6 Å². The van der Waals surface area contributed by atoms with Gasteiger partial charge in [0.1, 0.15) is 5.82 Å². The maximum absolute atomic E-state index is 5.61. The largest absolute Gasteiger partial charge is 0.378 e. The van der Waals surface area contributed by atoms with E-state index in [1.807, 2.05) is 0 Å². The van der Waals surface area contributed by atoms with Crippen LogP contribution in [0.4, 0.5) is 0 Å². The van der Waals surface area contributed by atoms with Gasteiger partial charge in [-0.25, -0.2) is 0 Å². The molecule has 1 saturated heterocycles. The molecule has 0 radical (unpaired) electrons. The van der Waals surface area contributed by atoms with Gasteiger partial charge in [0.2, 0.25) is 0 Å². The van der Waals surface area contributed by atoms with E-state index in [9.17, 15) is 0 Å². The molecule has 0 amide bonds. The minimum Gasteiger partial charge on any atom is -0.378 e. The van der Waals surface area contributed by atoms with Crippen LogP contribution in [-0.2, 0) is 17.7 Å². The van der Waals surface area contributed by atoms with E-state index in [4.69, 9.17) is 17.0 Å². The van der Waals surface area contributed by atoms with Crippen LogP contribution < -0.4 is 0 Å². The van der Waals surface area contributed by atoms with Crippen molar-refractivity contribution in [3.8, 4) is 0 Å². The summed E-state index contributed by atoms with van der Waals surface area (Å²) in [4.78, 5) is 0. The number of nitrogens with one attached hydrogen (secondary N) is 1. The van der Waals surface area contributed by atoms with Crippen LogP contribution in [0.15, 0.2) is 0 Å². The van der Waals surface area contributed by atoms with Crippen molar-refractivity contribution >= 4 is 12.2 Å². The van der Waals surface area contributed by atoms with Gasteiger partial charge in [0.25, 0.3) is 0 Å². The zero-order valence-corrected chi connectivity index (χ0v) is 10.6. The van der Waals surface area contributed by atoms with E-state index >= 15 is 0 Å². The molecule has 1 unspecified atom stereocenters. The van der Waals surface area contributed by atoms with Crippen LogP contribution in [0.3, 0.4) is 0 Å². The highest BCUT2D eigenvalue weighted by Gasteiger charge is 2.16. The fraction of sp³-hybridized carbons (Fsp3) is 0.818. The van der Waals surface area contributed by atoms with Crippen molar-refractivity contribution in [2.24, 2.45) is 0 Å². The predicted octanol–water partition coefficient (Wildman–Crippen LogP) is 2.46. The van der Waals surface area contributed by atoms with E-state index in [0.29, 0.717) is 6.10 Å². The molecule has 0 bridgehead atoms. The molecule has 90 valence electrons. The second-order valence-corrected chi connectivity index (χ2v) is 4.66. The Hall–Kier alpha value is -0.680. The Morgan fingerprint density at radius 1 is 1.62 bits per heavy atom. The second-order valence-electron chi connectivity index (χ2n) is 4.27. The molecule has 0 spiro atoms. The lowest BCUT2D eigenvalue weighted by molar-refractivity contribution is 0.100. The van der Waals surface area contributed by atoms with Crippen LogP contribution in [0.1, 0.15) is 38.4 Å². The number of nitrogens with zero attached hydrogens (tertiary/aromatic N) is 2. The first-order chi connectivity index (χ1) is 7.81. The second kappa shape index (κ2) is 5.59. The van der Waals surface area contributed by atoms with Gasteiger partial charge in [-0.15, -0.1) is 0 Å². The molecule has 1 aliphatic rings. The Labute approximate surface area is 101 Å². The Kier molecular flexibility index (Phi) is 4.12. The van der Waals surface area contributed by atoms with Gasteiger partial charge in [-0.1, -0.05) is 6.92 Å². The zero-order valence-electron chi connectivity index (χ0n) is 9.74. The van der Waals surface area contributed by atoms with Gasteiger partial charge in [0.15, 0.2) is 4.77 Å². The summed E-state index contributed by atoms with van der Waals surface area (Å²) in [5, 5.41) is 7.13. The normalized spacial score (nSPS) is 20.4. The average Bonchev–Trinajstić information content (AvgIpc) is 2.88. The number of aromatic amines is 1. The molecule has 2 heterocycles. The van der Waals surface area contributed by atoms with Crippen LogP contribution in [0, 0.1) is 4.77 Å². The van der Waals surface area contributed by atoms with Gasteiger partial charge in [0, 0.05) is 19.6 Å². The number of aromatic nitrogens is 3. The van der Waals surface area contributed by atoms with Crippen molar-refractivity contribution in [1.29, 1.82) is 0 Å². The van der Waals surface area contributed by atoms with E-state index in [0.717, 1.165) is 43.0 Å². The monoisotopic (exact) mass is 241 g/mol. The number of H-pyrrole nitrogens is 1. The summed E-state index contributed by atoms with van der Waals surface area (Å²) in [5.74, 6) is 1.07. The molecule has 1 aromatic rings. The average molecular weight is 241 g/mol. The fourth-order valence-electron chi connectivity index (χ4n) is 2.14. The maximum atomic E-state index is 5.61. The SMILES string of the molecule is CCCc1n[nH]c(=S)n1CCC1CCCO1. The Bertz CT molecular complexity index is 379. The topological polar surface area (TPSA) is 42.8 Å². The molecule has 1 atom stereocenters. The number of aryl methyl sites for hydroxylation is 1. The van der Waals surface area contributed by atoms with E-state index in [2.05, 4.69) is 21.7 Å². The molecule has 2 rings (SSSR count). The van der Waals surface area contributed by atoms with Crippen molar-refractivity contribution < 1.29 is 4.74 Å². The van der Waals surface area contributed by atoms with E-state index in [1.54, 1.807) is 0 Å². The first-order valence-electron chi connectivity index (χ1n) is 6.07. The van der Waals surface area contributed by atoms with Crippen molar-refractivity contribution in [2.75, 3.05) is 6.61 Å². The highest BCUT2D eigenvalue weighted by atomic mass is 32.1. The summed E-state index contributed by atoms with van der Waals surface area (Å²) in [6.07, 6.45) is 5.94. The standard InChI is InChI=1S/C11H19N3OS/c1-2-4-10-12-13-11(16)14(10)7-6-9-5-3-8-15-9/h9H,2-8H2,1H3,(H,13,16). The van der Waals surface area contributed by atoms with Crippen LogP contribution in [0.2, 0.25) is 0 Å². The summed E-state index contributed by atoms with van der Waals surface area (Å²) in [5.41, 5.74) is 0. The third kappa shape index (κ3) is 2.71. The maximum Gasteiger partial charge on any atom is 0.195 e. The molecular formula is C11H19N3OS. The fourth-order valence-corrected chi connectivity index (χ4v) is 2.38. The first-order valence-corrected chi connectivity index (χ1v) is 6.47. The van der Waals surface area contributed by atoms with E-state index in [1.165, 1.54) is 12.8 Å². The molecule has 5 heteroatoms. The number of hydrogen-bond donors (Lipinski definition) is 1. The van der Waals surface area contributed by atoms with Gasteiger partial charge in [-0.05, 0) is 37.9 Å². The highest BCUT2D eigenvalue weighted by molar-refractivity contribution is 7.71. The molecule has 4 nitrogen and oxygen atoms in total. The molecule has 0 saturated carbocycles. The smallest absolute Gasteiger partial charge is 0.195 e. The lowest BCUT2D eigenvalue weighted by Gasteiger charge is -2.10. The minimum atomic E-state index is 0.422. The number of hydrogen-bond acceptors (Lipinski definition) is 3. The third-order valence-electron chi connectivity index (χ3n) is 3.01. The van der Waals surface area contributed by atoms with Gasteiger partial charge in [-0.3, -0.25) is 5.10 Å². The third-order valence-corrected chi connectivity index (χ3v) is 3.32. The molecule has 1 N–H and O–H groups in total. The Morgan fingerprint density at radius 2 is 2.50 bits per heavy atom. The molecule has 0 aliphatic carbocycles. The van der Waals surface area contributed by atoms with Gasteiger partial charge in [-0.2, -0.15) is 5.10 Å². The molecule has 1 fully saturated rings. The summed E-state index contributed by atoms with van der Waals surface area (Å²) in [6, 6.07) is 0. The summed E-state index contributed by atoms with van der Waals surface area (Å²) in [7, 11) is 0. The van der Waals surface area contributed by atoms with Crippen LogP contribution >= 0.6 is 12.2 Å². The van der Waals surface area contributed by atoms with Gasteiger partial charge >= 0.3 is 0 Å².